The van der Waals surface area contributed by atoms with Crippen LogP contribution in [0.1, 0.15) is 13.3 Å². The van der Waals surface area contributed by atoms with Gasteiger partial charge in [-0.15, -0.1) is 0 Å². The maximum Gasteiger partial charge on any atom is 0.225 e. The van der Waals surface area contributed by atoms with Crippen molar-refractivity contribution >= 4 is 5.95 Å². The van der Waals surface area contributed by atoms with E-state index in [1.54, 1.807) is 18.5 Å². The lowest BCUT2D eigenvalue weighted by Crippen LogP contribution is -2.08. The van der Waals surface area contributed by atoms with E-state index in [0.29, 0.717) is 18.4 Å². The number of anilines is 1. The highest BCUT2D eigenvalue weighted by Gasteiger charge is 1.98. The fourth-order valence-corrected chi connectivity index (χ4v) is 1.54. The van der Waals surface area contributed by atoms with E-state index >= 15 is 0 Å². The predicted octanol–water partition coefficient (Wildman–Crippen LogP) is 1.57. The number of aryl methyl sites for hydroxylation is 1. The highest BCUT2D eigenvalue weighted by atomic mass is 16.5. The highest BCUT2D eigenvalue weighted by Crippen LogP contribution is 2.07. The molecule has 0 atom stereocenters. The second-order valence-corrected chi connectivity index (χ2v) is 3.73. The van der Waals surface area contributed by atoms with Crippen molar-refractivity contribution in [2.24, 2.45) is 0 Å². The summed E-state index contributed by atoms with van der Waals surface area (Å²) in [6.07, 6.45) is 8.22. The molecular weight excluding hydrogens is 230 g/mol. The third-order valence-corrected chi connectivity index (χ3v) is 2.36. The van der Waals surface area contributed by atoms with Crippen molar-refractivity contribution in [1.82, 2.24) is 19.5 Å². The van der Waals surface area contributed by atoms with Gasteiger partial charge in [0.15, 0.2) is 0 Å². The van der Waals surface area contributed by atoms with Crippen molar-refractivity contribution in [1.29, 1.82) is 0 Å². The first-order chi connectivity index (χ1) is 8.88. The van der Waals surface area contributed by atoms with Crippen LogP contribution in [-0.2, 0) is 6.54 Å². The Morgan fingerprint density at radius 3 is 3.11 bits per heavy atom. The lowest BCUT2D eigenvalue weighted by Gasteiger charge is -2.06. The number of nitrogens with one attached hydrogen (secondary N) is 1. The van der Waals surface area contributed by atoms with Crippen molar-refractivity contribution in [3.8, 4) is 5.88 Å². The summed E-state index contributed by atoms with van der Waals surface area (Å²) < 4.78 is 7.35. The molecule has 0 unspecified atom stereocenters. The van der Waals surface area contributed by atoms with Gasteiger partial charge in [-0.1, -0.05) is 0 Å². The van der Waals surface area contributed by atoms with Crippen molar-refractivity contribution in [3.05, 3.63) is 31.0 Å². The molecule has 0 radical (unpaired) electrons. The van der Waals surface area contributed by atoms with E-state index in [-0.39, 0.29) is 0 Å². The molecule has 18 heavy (non-hydrogen) atoms. The molecule has 0 saturated heterocycles. The fourth-order valence-electron chi connectivity index (χ4n) is 1.54. The Morgan fingerprint density at radius 1 is 1.39 bits per heavy atom. The number of aromatic nitrogens is 4. The molecule has 0 aliphatic carbocycles. The van der Waals surface area contributed by atoms with Crippen LogP contribution >= 0.6 is 0 Å². The smallest absolute Gasteiger partial charge is 0.225 e. The summed E-state index contributed by atoms with van der Waals surface area (Å²) in [5.74, 6) is 1.20. The summed E-state index contributed by atoms with van der Waals surface area (Å²) in [5, 5.41) is 3.17. The molecule has 2 aromatic rings. The number of hydrogen-bond donors (Lipinski definition) is 1. The molecule has 0 aromatic carbocycles. The van der Waals surface area contributed by atoms with Gasteiger partial charge in [-0.2, -0.15) is 4.98 Å². The molecule has 1 N–H and O–H groups in total. The molecule has 0 aliphatic heterocycles. The van der Waals surface area contributed by atoms with Gasteiger partial charge in [0.1, 0.15) is 0 Å². The van der Waals surface area contributed by atoms with E-state index in [4.69, 9.17) is 4.74 Å². The van der Waals surface area contributed by atoms with Crippen LogP contribution in [0.25, 0.3) is 0 Å². The van der Waals surface area contributed by atoms with E-state index < -0.39 is 0 Å². The molecule has 0 bridgehead atoms. The Kier molecular flexibility index (Phi) is 4.52. The van der Waals surface area contributed by atoms with Crippen molar-refractivity contribution < 1.29 is 4.74 Å². The first kappa shape index (κ1) is 12.3. The minimum Gasteiger partial charge on any atom is -0.478 e. The van der Waals surface area contributed by atoms with Gasteiger partial charge in [0.05, 0.1) is 12.9 Å². The Hall–Kier alpha value is -2.11. The van der Waals surface area contributed by atoms with Crippen molar-refractivity contribution in [2.45, 2.75) is 19.9 Å². The number of hydrogen-bond acceptors (Lipinski definition) is 5. The first-order valence-corrected chi connectivity index (χ1v) is 6.04. The van der Waals surface area contributed by atoms with Crippen LogP contribution in [0.5, 0.6) is 5.88 Å². The lowest BCUT2D eigenvalue weighted by molar-refractivity contribution is 0.326. The van der Waals surface area contributed by atoms with Gasteiger partial charge in [-0.25, -0.2) is 9.97 Å². The molecule has 2 rings (SSSR count). The topological polar surface area (TPSA) is 64.9 Å². The normalized spacial score (nSPS) is 10.3. The van der Waals surface area contributed by atoms with Crippen molar-refractivity contribution in [3.63, 3.8) is 0 Å². The van der Waals surface area contributed by atoms with Crippen LogP contribution in [0, 0.1) is 0 Å². The quantitative estimate of drug-likeness (QED) is 0.752. The molecule has 96 valence electrons. The van der Waals surface area contributed by atoms with Crippen LogP contribution in [0.15, 0.2) is 31.0 Å². The second-order valence-electron chi connectivity index (χ2n) is 3.73. The largest absolute Gasteiger partial charge is 0.478 e. The van der Waals surface area contributed by atoms with Gasteiger partial charge < -0.3 is 14.6 Å². The zero-order chi connectivity index (χ0) is 12.6. The van der Waals surface area contributed by atoms with Gasteiger partial charge in [0.2, 0.25) is 11.8 Å². The molecule has 0 aliphatic rings. The third kappa shape index (κ3) is 3.73. The van der Waals surface area contributed by atoms with Gasteiger partial charge in [-0.3, -0.25) is 0 Å². The summed E-state index contributed by atoms with van der Waals surface area (Å²) >= 11 is 0. The van der Waals surface area contributed by atoms with Crippen LogP contribution < -0.4 is 10.1 Å². The fraction of sp³-hybridized carbons (Fsp3) is 0.417. The molecule has 2 heterocycles. The average molecular weight is 247 g/mol. The van der Waals surface area contributed by atoms with Crippen LogP contribution in [0.2, 0.25) is 0 Å². The van der Waals surface area contributed by atoms with Gasteiger partial charge in [0, 0.05) is 37.7 Å². The standard InChI is InChI=1S/C12H17N5O/c1-2-18-11-4-6-15-12(16-11)14-5-3-8-17-9-7-13-10-17/h4,6-7,9-10H,2-3,5,8H2,1H3,(H,14,15,16). The molecule has 2 aromatic heterocycles. The summed E-state index contributed by atoms with van der Waals surface area (Å²) in [6, 6.07) is 1.75. The highest BCUT2D eigenvalue weighted by molar-refractivity contribution is 5.27. The van der Waals surface area contributed by atoms with Crippen LogP contribution in [0.4, 0.5) is 5.95 Å². The second kappa shape index (κ2) is 6.58. The zero-order valence-electron chi connectivity index (χ0n) is 10.4. The van der Waals surface area contributed by atoms with E-state index in [1.807, 2.05) is 24.0 Å². The molecule has 0 spiro atoms. The lowest BCUT2D eigenvalue weighted by atomic mass is 10.4. The van der Waals surface area contributed by atoms with E-state index in [1.165, 1.54) is 0 Å². The summed E-state index contributed by atoms with van der Waals surface area (Å²) in [4.78, 5) is 12.4. The van der Waals surface area contributed by atoms with Gasteiger partial charge >= 0.3 is 0 Å². The average Bonchev–Trinajstić information content (AvgIpc) is 2.89. The maximum absolute atomic E-state index is 5.31. The van der Waals surface area contributed by atoms with E-state index in [2.05, 4.69) is 20.3 Å². The Bertz CT molecular complexity index is 457. The SMILES string of the molecule is CCOc1ccnc(NCCCn2ccnc2)n1. The van der Waals surface area contributed by atoms with Crippen molar-refractivity contribution in [2.75, 3.05) is 18.5 Å². The number of rotatable bonds is 7. The number of imidazole rings is 1. The predicted molar refractivity (Wildman–Crippen MR) is 68.5 cm³/mol. The molecule has 6 heteroatoms. The minimum atomic E-state index is 0.601. The van der Waals surface area contributed by atoms with Crippen LogP contribution in [-0.4, -0.2) is 32.7 Å². The van der Waals surface area contributed by atoms with Gasteiger partial charge in [-0.05, 0) is 13.3 Å². The van der Waals surface area contributed by atoms with Crippen LogP contribution in [0.3, 0.4) is 0 Å². The minimum absolute atomic E-state index is 0.601. The Balaban J connectivity index is 1.74. The Morgan fingerprint density at radius 2 is 2.33 bits per heavy atom. The molecule has 0 saturated carbocycles. The molecule has 0 fully saturated rings. The molecule has 0 amide bonds. The molecular formula is C12H17N5O. The number of nitrogens with zero attached hydrogens (tertiary/aromatic N) is 4. The summed E-state index contributed by atoms with van der Waals surface area (Å²) in [6.45, 7) is 4.28. The van der Waals surface area contributed by atoms with E-state index in [9.17, 15) is 0 Å². The maximum atomic E-state index is 5.31. The zero-order valence-corrected chi connectivity index (χ0v) is 10.4. The number of ether oxygens (including phenoxy) is 1. The Labute approximate surface area is 106 Å². The molecule has 6 nitrogen and oxygen atoms in total. The summed E-state index contributed by atoms with van der Waals surface area (Å²) in [7, 11) is 0. The first-order valence-electron chi connectivity index (χ1n) is 6.04. The van der Waals surface area contributed by atoms with Gasteiger partial charge in [0.25, 0.3) is 0 Å². The monoisotopic (exact) mass is 247 g/mol. The van der Waals surface area contributed by atoms with E-state index in [0.717, 1.165) is 19.5 Å². The third-order valence-electron chi connectivity index (χ3n) is 2.36. The summed E-state index contributed by atoms with van der Waals surface area (Å²) in [5.41, 5.74) is 0.